The van der Waals surface area contributed by atoms with E-state index in [1.165, 1.54) is 0 Å². The molecule has 0 atom stereocenters. The summed E-state index contributed by atoms with van der Waals surface area (Å²) >= 11 is 5.30. The van der Waals surface area contributed by atoms with Crippen molar-refractivity contribution in [3.8, 4) is 0 Å². The van der Waals surface area contributed by atoms with Gasteiger partial charge in [0.2, 0.25) is 5.91 Å². The molecule has 0 aromatic carbocycles. The van der Waals surface area contributed by atoms with Gasteiger partial charge in [0.15, 0.2) is 0 Å². The van der Waals surface area contributed by atoms with Crippen molar-refractivity contribution >= 4 is 17.5 Å². The minimum absolute atomic E-state index is 0.176. The van der Waals surface area contributed by atoms with Gasteiger partial charge in [0.25, 0.3) is 0 Å². The molecular formula is C4H6ClNO. The molecule has 0 aromatic rings. The Balaban J connectivity index is 2.29. The Hall–Kier alpha value is -0.240. The highest BCUT2D eigenvalue weighted by molar-refractivity contribution is 6.18. The van der Waals surface area contributed by atoms with E-state index in [1.807, 2.05) is 0 Å². The topological polar surface area (TPSA) is 20.3 Å². The summed E-state index contributed by atoms with van der Waals surface area (Å²) in [4.78, 5) is 11.9. The van der Waals surface area contributed by atoms with Gasteiger partial charge >= 0.3 is 0 Å². The highest BCUT2D eigenvalue weighted by atomic mass is 35.5. The standard InChI is InChI=1S/C4H6ClNO/c5-3-6-2-1-4(6)7/h1-3H2. The first kappa shape index (κ1) is 4.91. The van der Waals surface area contributed by atoms with Crippen LogP contribution in [0, 0.1) is 0 Å². The maximum absolute atomic E-state index is 10.3. The lowest BCUT2D eigenvalue weighted by Gasteiger charge is -2.27. The molecule has 7 heavy (non-hydrogen) atoms. The van der Waals surface area contributed by atoms with Gasteiger partial charge in [0.1, 0.15) is 0 Å². The fourth-order valence-electron chi connectivity index (χ4n) is 0.488. The minimum atomic E-state index is 0.176. The third kappa shape index (κ3) is 0.703. The highest BCUT2D eigenvalue weighted by Crippen LogP contribution is 2.07. The molecule has 1 rings (SSSR count). The molecule has 1 aliphatic heterocycles. The highest BCUT2D eigenvalue weighted by Gasteiger charge is 2.21. The second-order valence-electron chi connectivity index (χ2n) is 1.53. The lowest BCUT2D eigenvalue weighted by Crippen LogP contribution is -2.42. The third-order valence-corrected chi connectivity index (χ3v) is 1.38. The van der Waals surface area contributed by atoms with E-state index in [-0.39, 0.29) is 5.91 Å². The van der Waals surface area contributed by atoms with Crippen LogP contribution in [0.25, 0.3) is 0 Å². The van der Waals surface area contributed by atoms with Crippen molar-refractivity contribution < 1.29 is 4.79 Å². The van der Waals surface area contributed by atoms with Crippen molar-refractivity contribution in [2.45, 2.75) is 6.42 Å². The molecule has 1 heterocycles. The molecule has 0 radical (unpaired) electrons. The molecule has 0 unspecified atom stereocenters. The zero-order chi connectivity index (χ0) is 5.28. The maximum atomic E-state index is 10.3. The van der Waals surface area contributed by atoms with E-state index in [4.69, 9.17) is 11.6 Å². The number of amides is 1. The van der Waals surface area contributed by atoms with Crippen LogP contribution in [0.2, 0.25) is 0 Å². The Bertz CT molecular complexity index is 91.7. The van der Waals surface area contributed by atoms with Gasteiger partial charge in [-0.2, -0.15) is 0 Å². The number of alkyl halides is 1. The van der Waals surface area contributed by atoms with Gasteiger partial charge < -0.3 is 4.90 Å². The predicted molar refractivity (Wildman–Crippen MR) is 27.0 cm³/mol. The number of likely N-dealkylation sites (tertiary alicyclic amines) is 1. The van der Waals surface area contributed by atoms with E-state index in [0.717, 1.165) is 6.54 Å². The number of β-lactam (4-membered cyclic amide) rings is 1. The lowest BCUT2D eigenvalue weighted by atomic mass is 10.2. The van der Waals surface area contributed by atoms with Gasteiger partial charge in [-0.25, -0.2) is 0 Å². The van der Waals surface area contributed by atoms with Gasteiger partial charge in [-0.05, 0) is 0 Å². The van der Waals surface area contributed by atoms with Crippen LogP contribution in [0.5, 0.6) is 0 Å². The molecule has 1 amide bonds. The molecule has 2 nitrogen and oxygen atoms in total. The van der Waals surface area contributed by atoms with Crippen molar-refractivity contribution in [3.05, 3.63) is 0 Å². The minimum Gasteiger partial charge on any atom is -0.328 e. The summed E-state index contributed by atoms with van der Waals surface area (Å²) in [6.45, 7) is 0.850. The number of carbonyl (C=O) groups excluding carboxylic acids is 1. The van der Waals surface area contributed by atoms with Crippen molar-refractivity contribution in [2.75, 3.05) is 12.5 Å². The SMILES string of the molecule is O=C1CCN1CCl. The van der Waals surface area contributed by atoms with E-state index in [1.54, 1.807) is 4.90 Å². The van der Waals surface area contributed by atoms with E-state index < -0.39 is 0 Å². The number of rotatable bonds is 1. The number of halogens is 1. The second-order valence-corrected chi connectivity index (χ2v) is 1.77. The van der Waals surface area contributed by atoms with Gasteiger partial charge in [-0.15, -0.1) is 11.6 Å². The Kier molecular flexibility index (Phi) is 1.19. The molecule has 1 aliphatic rings. The Morgan fingerprint density at radius 2 is 2.57 bits per heavy atom. The number of nitrogens with zero attached hydrogens (tertiary/aromatic N) is 1. The molecule has 40 valence electrons. The molecule has 0 spiro atoms. The van der Waals surface area contributed by atoms with Crippen LogP contribution >= 0.6 is 11.6 Å². The van der Waals surface area contributed by atoms with E-state index in [0.29, 0.717) is 12.4 Å². The van der Waals surface area contributed by atoms with Gasteiger partial charge in [-0.3, -0.25) is 4.79 Å². The van der Waals surface area contributed by atoms with Crippen LogP contribution in [0.15, 0.2) is 0 Å². The van der Waals surface area contributed by atoms with Crippen LogP contribution in [0.4, 0.5) is 0 Å². The Labute approximate surface area is 47.1 Å². The van der Waals surface area contributed by atoms with Crippen LogP contribution in [-0.2, 0) is 4.79 Å². The molecule has 0 aliphatic carbocycles. The first-order valence-electron chi connectivity index (χ1n) is 2.18. The maximum Gasteiger partial charge on any atom is 0.225 e. The van der Waals surface area contributed by atoms with Crippen LogP contribution in [-0.4, -0.2) is 23.4 Å². The quantitative estimate of drug-likeness (QED) is 0.278. The largest absolute Gasteiger partial charge is 0.328 e. The molecule has 0 saturated carbocycles. The summed E-state index contributed by atoms with van der Waals surface area (Å²) in [5, 5.41) is 0. The summed E-state index contributed by atoms with van der Waals surface area (Å²) < 4.78 is 0. The summed E-state index contributed by atoms with van der Waals surface area (Å²) in [6.07, 6.45) is 0.687. The van der Waals surface area contributed by atoms with Gasteiger partial charge in [0.05, 0.1) is 6.00 Å². The number of carbonyl (C=O) groups is 1. The Morgan fingerprint density at radius 1 is 1.86 bits per heavy atom. The van der Waals surface area contributed by atoms with Crippen molar-refractivity contribution in [3.63, 3.8) is 0 Å². The van der Waals surface area contributed by atoms with E-state index in [2.05, 4.69) is 0 Å². The van der Waals surface area contributed by atoms with Crippen molar-refractivity contribution in [1.29, 1.82) is 0 Å². The number of hydrogen-bond donors (Lipinski definition) is 0. The first-order chi connectivity index (χ1) is 3.34. The summed E-state index contributed by atoms with van der Waals surface area (Å²) in [6, 6.07) is 0.360. The molecule has 0 bridgehead atoms. The fraction of sp³-hybridized carbons (Fsp3) is 0.750. The van der Waals surface area contributed by atoms with Gasteiger partial charge in [0, 0.05) is 13.0 Å². The lowest BCUT2D eigenvalue weighted by molar-refractivity contribution is -0.138. The third-order valence-electron chi connectivity index (χ3n) is 1.09. The van der Waals surface area contributed by atoms with E-state index in [9.17, 15) is 4.79 Å². The average molecular weight is 120 g/mol. The van der Waals surface area contributed by atoms with Crippen LogP contribution in [0.3, 0.4) is 0 Å². The van der Waals surface area contributed by atoms with Crippen LogP contribution < -0.4 is 0 Å². The summed E-state index contributed by atoms with van der Waals surface area (Å²) in [5.74, 6) is 0.176. The predicted octanol–water partition coefficient (Wildman–Crippen LogP) is 0.415. The average Bonchev–Trinajstić information content (AvgIpc) is 1.65. The number of hydrogen-bond acceptors (Lipinski definition) is 1. The van der Waals surface area contributed by atoms with Crippen molar-refractivity contribution in [2.24, 2.45) is 0 Å². The molecule has 1 saturated heterocycles. The zero-order valence-electron chi connectivity index (χ0n) is 3.85. The molecule has 3 heteroatoms. The second kappa shape index (κ2) is 1.70. The first-order valence-corrected chi connectivity index (χ1v) is 2.72. The Morgan fingerprint density at radius 3 is 2.57 bits per heavy atom. The van der Waals surface area contributed by atoms with E-state index >= 15 is 0 Å². The zero-order valence-corrected chi connectivity index (χ0v) is 4.61. The molecule has 0 N–H and O–H groups in total. The van der Waals surface area contributed by atoms with Crippen LogP contribution in [0.1, 0.15) is 6.42 Å². The summed E-state index contributed by atoms with van der Waals surface area (Å²) in [7, 11) is 0. The monoisotopic (exact) mass is 119 g/mol. The van der Waals surface area contributed by atoms with Gasteiger partial charge in [-0.1, -0.05) is 0 Å². The smallest absolute Gasteiger partial charge is 0.225 e. The molecular weight excluding hydrogens is 114 g/mol. The van der Waals surface area contributed by atoms with Crippen molar-refractivity contribution in [1.82, 2.24) is 4.90 Å². The fourth-order valence-corrected chi connectivity index (χ4v) is 0.740. The molecule has 1 fully saturated rings. The normalized spacial score (nSPS) is 19.6. The molecule has 0 aromatic heterocycles. The summed E-state index contributed by atoms with van der Waals surface area (Å²) in [5.41, 5.74) is 0.